The largest absolute Gasteiger partial charge is 0.394 e. The first kappa shape index (κ1) is 76.3. The lowest BCUT2D eigenvalue weighted by Crippen LogP contribution is -2.65. The van der Waals surface area contributed by atoms with E-state index in [1.165, 1.54) is 186 Å². The first-order chi connectivity index (χ1) is 40.1. The van der Waals surface area contributed by atoms with E-state index in [-0.39, 0.29) is 12.5 Å². The van der Waals surface area contributed by atoms with E-state index in [1.807, 2.05) is 0 Å². The molecule has 12 atom stereocenters. The summed E-state index contributed by atoms with van der Waals surface area (Å²) in [6.07, 6.45) is 50.1. The molecule has 82 heavy (non-hydrogen) atoms. The molecule has 0 spiro atoms. The van der Waals surface area contributed by atoms with Gasteiger partial charge >= 0.3 is 0 Å². The van der Waals surface area contributed by atoms with Crippen LogP contribution in [-0.2, 0) is 23.7 Å². The normalized spacial score (nSPS) is 24.1. The lowest BCUT2D eigenvalue weighted by molar-refractivity contribution is -0.359. The monoisotopic (exact) mass is 1170 g/mol. The van der Waals surface area contributed by atoms with Crippen molar-refractivity contribution >= 4 is 5.91 Å². The van der Waals surface area contributed by atoms with E-state index in [1.54, 1.807) is 0 Å². The van der Waals surface area contributed by atoms with Gasteiger partial charge in [-0.1, -0.05) is 275 Å². The first-order valence-electron chi connectivity index (χ1n) is 34.2. The molecule has 0 aromatic rings. The van der Waals surface area contributed by atoms with Crippen LogP contribution in [0.25, 0.3) is 0 Å². The number of amides is 1. The van der Waals surface area contributed by atoms with Crippen molar-refractivity contribution in [3.05, 3.63) is 36.5 Å². The molecule has 14 heteroatoms. The quantitative estimate of drug-likeness (QED) is 0.0204. The number of carbonyl (C=O) groups excluding carboxylic acids is 1. The minimum absolute atomic E-state index is 0.216. The van der Waals surface area contributed by atoms with Crippen molar-refractivity contribution in [2.45, 2.75) is 370 Å². The Morgan fingerprint density at radius 2 is 0.805 bits per heavy atom. The van der Waals surface area contributed by atoms with Crippen LogP contribution < -0.4 is 5.32 Å². The predicted octanol–water partition coefficient (Wildman–Crippen LogP) is 13.3. The number of allylic oxidation sites excluding steroid dienone is 6. The highest BCUT2D eigenvalue weighted by molar-refractivity contribution is 5.76. The molecule has 9 N–H and O–H groups in total. The van der Waals surface area contributed by atoms with Gasteiger partial charge in [-0.05, 0) is 51.4 Å². The number of ether oxygens (including phenoxy) is 4. The maximum Gasteiger partial charge on any atom is 0.220 e. The van der Waals surface area contributed by atoms with E-state index in [9.17, 15) is 45.6 Å². The van der Waals surface area contributed by atoms with E-state index in [4.69, 9.17) is 18.9 Å². The molecule has 0 radical (unpaired) electrons. The summed E-state index contributed by atoms with van der Waals surface area (Å²) in [6.45, 7) is 2.86. The Labute approximate surface area is 500 Å². The summed E-state index contributed by atoms with van der Waals surface area (Å²) < 4.78 is 22.9. The van der Waals surface area contributed by atoms with Crippen molar-refractivity contribution in [2.75, 3.05) is 19.8 Å². The second-order valence-corrected chi connectivity index (χ2v) is 24.3. The van der Waals surface area contributed by atoms with Gasteiger partial charge in [0.05, 0.1) is 32.0 Å². The van der Waals surface area contributed by atoms with E-state index in [0.29, 0.717) is 19.3 Å². The Balaban J connectivity index is 1.67. The molecule has 0 saturated carbocycles. The minimum atomic E-state index is -1.78. The van der Waals surface area contributed by atoms with E-state index < -0.39 is 86.8 Å². The van der Waals surface area contributed by atoms with Crippen LogP contribution >= 0.6 is 0 Å². The number of hydrogen-bond donors (Lipinski definition) is 9. The van der Waals surface area contributed by atoms with Crippen LogP contribution in [0, 0.1) is 0 Å². The summed E-state index contributed by atoms with van der Waals surface area (Å²) in [5.74, 6) is -0.216. The number of hydrogen-bond acceptors (Lipinski definition) is 13. The fourth-order valence-electron chi connectivity index (χ4n) is 11.4. The Morgan fingerprint density at radius 1 is 0.439 bits per heavy atom. The average Bonchev–Trinajstić information content (AvgIpc) is 3.67. The summed E-state index contributed by atoms with van der Waals surface area (Å²) in [5, 5.41) is 87.5. The van der Waals surface area contributed by atoms with Crippen LogP contribution in [-0.4, -0.2) is 140 Å². The zero-order valence-electron chi connectivity index (χ0n) is 52.2. The Bertz CT molecular complexity index is 1510. The minimum Gasteiger partial charge on any atom is -0.394 e. The summed E-state index contributed by atoms with van der Waals surface area (Å²) in [5.41, 5.74) is 0. The Kier molecular flexibility index (Phi) is 49.7. The highest BCUT2D eigenvalue weighted by Crippen LogP contribution is 2.30. The number of nitrogens with one attached hydrogen (secondary N) is 1. The molecule has 2 rings (SSSR count). The van der Waals surface area contributed by atoms with Crippen molar-refractivity contribution < 1.29 is 64.6 Å². The Morgan fingerprint density at radius 3 is 1.26 bits per heavy atom. The third-order valence-electron chi connectivity index (χ3n) is 16.9. The molecule has 2 aliphatic rings. The molecule has 12 unspecified atom stereocenters. The molecule has 0 aromatic carbocycles. The third-order valence-corrected chi connectivity index (χ3v) is 16.9. The number of aliphatic hydroxyl groups excluding tert-OH is 8. The van der Waals surface area contributed by atoms with Crippen molar-refractivity contribution in [3.8, 4) is 0 Å². The van der Waals surface area contributed by atoms with Crippen LogP contribution in [0.2, 0.25) is 0 Å². The molecule has 0 bridgehead atoms. The van der Waals surface area contributed by atoms with Crippen LogP contribution in [0.5, 0.6) is 0 Å². The van der Waals surface area contributed by atoms with Gasteiger partial charge in [0.15, 0.2) is 12.6 Å². The van der Waals surface area contributed by atoms with Gasteiger partial charge in [-0.15, -0.1) is 0 Å². The number of rotatable bonds is 56. The van der Waals surface area contributed by atoms with Gasteiger partial charge < -0.3 is 65.1 Å². The standard InChI is InChI=1S/C68H127NO13/c1-3-5-7-9-11-13-15-17-19-21-23-24-25-26-27-28-29-30-31-32-34-35-37-39-41-43-45-47-49-51-57(72)56(69-60(73)52-50-48-46-44-42-40-38-36-33-22-20-18-16-14-12-10-8-6-4-2)55-79-67-65(78)63(76)66(59(54-71)81-67)82-68-64(77)62(75)61(74)58(53-70)80-68/h12,14,18,20,33,36,56-59,61-68,70-72,74-78H,3-11,13,15-17,19,21-32,34-35,37-55H2,1-2H3,(H,69,73)/b14-12-,20-18-,36-33-. The maximum atomic E-state index is 13.3. The molecule has 0 aromatic heterocycles. The SMILES string of the molecule is CCCCC/C=C\C/C=C\C/C=C\CCCCCCCCC(=O)NC(COC1OC(CO)C(OC2OC(CO)C(O)C(O)C2O)C(O)C1O)C(O)CCCCCCCCCCCCCCCCCCCCCCCCCCCCCCC. The molecule has 0 aliphatic carbocycles. The molecule has 14 nitrogen and oxygen atoms in total. The summed E-state index contributed by atoms with van der Waals surface area (Å²) in [4.78, 5) is 13.3. The van der Waals surface area contributed by atoms with Gasteiger partial charge in [-0.25, -0.2) is 0 Å². The molecular weight excluding hydrogens is 1040 g/mol. The predicted molar refractivity (Wildman–Crippen MR) is 332 cm³/mol. The zero-order valence-corrected chi connectivity index (χ0v) is 52.2. The van der Waals surface area contributed by atoms with Crippen molar-refractivity contribution in [1.82, 2.24) is 5.32 Å². The zero-order chi connectivity index (χ0) is 59.5. The fraction of sp³-hybridized carbons (Fsp3) is 0.897. The average molecular weight is 1170 g/mol. The van der Waals surface area contributed by atoms with Gasteiger partial charge in [0, 0.05) is 6.42 Å². The topological polar surface area (TPSA) is 228 Å². The van der Waals surface area contributed by atoms with Crippen LogP contribution in [0.4, 0.5) is 0 Å². The van der Waals surface area contributed by atoms with Crippen molar-refractivity contribution in [3.63, 3.8) is 0 Å². The molecular formula is C68H127NO13. The number of aliphatic hydroxyl groups is 8. The summed E-state index contributed by atoms with van der Waals surface area (Å²) in [7, 11) is 0. The van der Waals surface area contributed by atoms with Gasteiger partial charge in [-0.2, -0.15) is 0 Å². The number of carbonyl (C=O) groups is 1. The fourth-order valence-corrected chi connectivity index (χ4v) is 11.4. The van der Waals surface area contributed by atoms with Crippen LogP contribution in [0.1, 0.15) is 296 Å². The van der Waals surface area contributed by atoms with Crippen molar-refractivity contribution in [1.29, 1.82) is 0 Å². The van der Waals surface area contributed by atoms with Gasteiger partial charge in [0.25, 0.3) is 0 Å². The Hall–Kier alpha value is -1.79. The molecule has 2 heterocycles. The molecule has 2 saturated heterocycles. The number of unbranched alkanes of at least 4 members (excludes halogenated alkanes) is 37. The van der Waals surface area contributed by atoms with E-state index in [2.05, 4.69) is 55.6 Å². The van der Waals surface area contributed by atoms with E-state index >= 15 is 0 Å². The van der Waals surface area contributed by atoms with Crippen LogP contribution in [0.3, 0.4) is 0 Å². The van der Waals surface area contributed by atoms with Crippen LogP contribution in [0.15, 0.2) is 36.5 Å². The molecule has 482 valence electrons. The van der Waals surface area contributed by atoms with Crippen molar-refractivity contribution in [2.24, 2.45) is 0 Å². The lowest BCUT2D eigenvalue weighted by atomic mass is 9.97. The third kappa shape index (κ3) is 37.7. The van der Waals surface area contributed by atoms with Gasteiger partial charge in [0.1, 0.15) is 48.8 Å². The molecule has 1 amide bonds. The van der Waals surface area contributed by atoms with E-state index in [0.717, 1.165) is 77.0 Å². The molecule has 2 fully saturated rings. The summed E-state index contributed by atoms with van der Waals surface area (Å²) >= 11 is 0. The maximum absolute atomic E-state index is 13.3. The van der Waals surface area contributed by atoms with Gasteiger partial charge in [-0.3, -0.25) is 4.79 Å². The second-order valence-electron chi connectivity index (χ2n) is 24.3. The van der Waals surface area contributed by atoms with Gasteiger partial charge in [0.2, 0.25) is 5.91 Å². The second kappa shape index (κ2) is 53.4. The highest BCUT2D eigenvalue weighted by atomic mass is 16.7. The highest BCUT2D eigenvalue weighted by Gasteiger charge is 2.51. The molecule has 2 aliphatic heterocycles. The lowest BCUT2D eigenvalue weighted by Gasteiger charge is -2.46. The summed E-state index contributed by atoms with van der Waals surface area (Å²) in [6, 6.07) is -0.837. The first-order valence-corrected chi connectivity index (χ1v) is 34.2. The smallest absolute Gasteiger partial charge is 0.220 e.